The molecular formula is C49H56ClFN2O8. The number of fused-ring (bicyclic) bond motifs is 3. The van der Waals surface area contributed by atoms with E-state index in [1.54, 1.807) is 29.2 Å². The Hall–Kier alpha value is -4.94. The number of rotatable bonds is 20. The van der Waals surface area contributed by atoms with Crippen molar-refractivity contribution >= 4 is 34.2 Å². The fraction of sp³-hybridized carbons (Fsp3) is 0.429. The zero-order valence-corrected chi connectivity index (χ0v) is 35.5. The summed E-state index contributed by atoms with van der Waals surface area (Å²) in [6.45, 7) is 4.47. The second kappa shape index (κ2) is 20.8. The minimum Gasteiger partial charge on any atom is -0.489 e. The Morgan fingerprint density at radius 2 is 1.75 bits per heavy atom. The van der Waals surface area contributed by atoms with Gasteiger partial charge in [-0.15, -0.1) is 18.2 Å². The van der Waals surface area contributed by atoms with Gasteiger partial charge in [-0.1, -0.05) is 90.8 Å². The van der Waals surface area contributed by atoms with Crippen molar-refractivity contribution < 1.29 is 43.2 Å². The van der Waals surface area contributed by atoms with E-state index in [-0.39, 0.29) is 75.5 Å². The van der Waals surface area contributed by atoms with Crippen LogP contribution in [0.2, 0.25) is 0 Å². The number of benzene rings is 4. The first-order valence-corrected chi connectivity index (χ1v) is 21.8. The summed E-state index contributed by atoms with van der Waals surface area (Å²) in [5, 5.41) is 26.5. The smallest absolute Gasteiger partial charge is 0.410 e. The first-order chi connectivity index (χ1) is 29.9. The summed E-state index contributed by atoms with van der Waals surface area (Å²) < 4.78 is 41.3. The molecule has 4 aromatic carbocycles. The Morgan fingerprint density at radius 3 is 2.52 bits per heavy atom. The lowest BCUT2D eigenvalue weighted by Gasteiger charge is -2.59. The van der Waals surface area contributed by atoms with Crippen LogP contribution in [0.25, 0.3) is 10.8 Å². The maximum Gasteiger partial charge on any atom is 0.410 e. The normalized spacial score (nSPS) is 23.3. The molecule has 1 fully saturated rings. The number of allylic oxidation sites excluding steroid dienone is 1. The predicted molar refractivity (Wildman–Crippen MR) is 234 cm³/mol. The maximum absolute atomic E-state index is 14.7. The zero-order chi connectivity index (χ0) is 42.8. The lowest BCUT2D eigenvalue weighted by molar-refractivity contribution is -0.256. The number of amides is 1. The predicted octanol–water partition coefficient (Wildman–Crippen LogP) is 9.70. The van der Waals surface area contributed by atoms with Gasteiger partial charge in [0.1, 0.15) is 43.7 Å². The zero-order valence-electron chi connectivity index (χ0n) is 34.7. The van der Waals surface area contributed by atoms with Crippen molar-refractivity contribution in [2.75, 3.05) is 39.4 Å². The fourth-order valence-corrected chi connectivity index (χ4v) is 9.83. The molecule has 0 bridgehead atoms. The second-order valence-corrected chi connectivity index (χ2v) is 16.3. The fourth-order valence-electron chi connectivity index (χ4n) is 9.75. The van der Waals surface area contributed by atoms with E-state index in [1.807, 2.05) is 60.7 Å². The summed E-state index contributed by atoms with van der Waals surface area (Å²) in [6, 6.07) is 25.5. The number of hydrogen-bond acceptors (Lipinski definition) is 9. The molecule has 6 atom stereocenters. The Balaban J connectivity index is 1.43. The van der Waals surface area contributed by atoms with Crippen LogP contribution in [-0.2, 0) is 27.5 Å². The van der Waals surface area contributed by atoms with Crippen molar-refractivity contribution in [1.29, 1.82) is 0 Å². The van der Waals surface area contributed by atoms with Crippen molar-refractivity contribution in [2.45, 2.75) is 75.8 Å². The molecule has 10 nitrogen and oxygen atoms in total. The van der Waals surface area contributed by atoms with E-state index < -0.39 is 23.8 Å². The minimum atomic E-state index is -1.49. The lowest BCUT2D eigenvalue weighted by atomic mass is 9.55. The van der Waals surface area contributed by atoms with Gasteiger partial charge in [-0.3, -0.25) is 4.90 Å². The Labute approximate surface area is 362 Å². The number of carbonyl (C=O) groups excluding carboxylic acids is 1. The quantitative estimate of drug-likeness (QED) is 0.0391. The molecule has 324 valence electrons. The van der Waals surface area contributed by atoms with E-state index in [2.05, 4.69) is 17.8 Å². The highest BCUT2D eigenvalue weighted by atomic mass is 35.5. The summed E-state index contributed by atoms with van der Waals surface area (Å²) >= 11 is 6.11. The monoisotopic (exact) mass is 854 g/mol. The summed E-state index contributed by atoms with van der Waals surface area (Å²) in [5.41, 5.74) is 3.80. The number of carbonyl (C=O) groups is 1. The van der Waals surface area contributed by atoms with Gasteiger partial charge in [-0.2, -0.15) is 0 Å². The molecule has 7 rings (SSSR count). The van der Waals surface area contributed by atoms with Gasteiger partial charge < -0.3 is 34.0 Å². The van der Waals surface area contributed by atoms with Gasteiger partial charge >= 0.3 is 6.09 Å². The molecule has 1 heterocycles. The maximum atomic E-state index is 14.7. The molecule has 4 aromatic rings. The van der Waals surface area contributed by atoms with Gasteiger partial charge in [0.25, 0.3) is 0 Å². The molecule has 61 heavy (non-hydrogen) atoms. The number of ether oxygens (including phenoxy) is 4. The molecule has 1 amide bonds. The highest BCUT2D eigenvalue weighted by Gasteiger charge is 2.65. The summed E-state index contributed by atoms with van der Waals surface area (Å²) in [7, 11) is 1.52. The van der Waals surface area contributed by atoms with E-state index in [0.29, 0.717) is 35.6 Å². The number of alkyl halides is 1. The van der Waals surface area contributed by atoms with E-state index in [0.717, 1.165) is 53.2 Å². The molecule has 1 saturated carbocycles. The summed E-state index contributed by atoms with van der Waals surface area (Å²) in [5.74, 6) is -1.35. The Morgan fingerprint density at radius 1 is 1.00 bits per heavy atom. The highest BCUT2D eigenvalue weighted by molar-refractivity contribution is 6.18. The number of nitrogens with zero attached hydrogens (tertiary/aromatic N) is 2. The second-order valence-electron chi connectivity index (χ2n) is 15.9. The largest absolute Gasteiger partial charge is 0.489 e. The molecule has 0 radical (unpaired) electrons. The van der Waals surface area contributed by atoms with E-state index in [1.165, 1.54) is 13.2 Å². The number of hydrogen-bond donors (Lipinski definition) is 2. The van der Waals surface area contributed by atoms with Crippen molar-refractivity contribution in [1.82, 2.24) is 4.90 Å². The molecule has 0 saturated heterocycles. The van der Waals surface area contributed by atoms with Crippen molar-refractivity contribution in [3.05, 3.63) is 132 Å². The number of aliphatic hydroxyl groups is 2. The molecule has 12 heteroatoms. The van der Waals surface area contributed by atoms with Crippen LogP contribution in [0.4, 0.5) is 9.18 Å². The SMILES string of the molecule is C=CCOC12Oc3ccc(OCc4ccccc4F)cc3C3C(CCCCO)C(CCCCO)C=C(C(=NOC)CC1N(Cc1cccc4ccccc14)C(=O)OCCCl)C32. The third-order valence-corrected chi connectivity index (χ3v) is 12.5. The number of aliphatic hydroxyl groups excluding tert-OH is 2. The molecule has 2 N–H and O–H groups in total. The molecule has 6 unspecified atom stereocenters. The standard InChI is InChI=1S/C49H56ClFN2O8/c1-3-26-60-49-45(53(48(56)58-27-23-50)31-35-17-12-16-33-13-4-6-18-38(33)35)30-43(52-57-2)40-28-34(14-8-10-24-54)39(19-9-11-25-55)46(47(40)49)41-29-37(21-22-44(41)61-49)59-32-36-15-5-7-20-42(36)51/h3-7,12-13,15-18,20-22,28-29,34,39,45-47,54-55H,1,8-11,14,19,23-27,30-32H2,2H3. The van der Waals surface area contributed by atoms with Gasteiger partial charge in [0.15, 0.2) is 0 Å². The van der Waals surface area contributed by atoms with Crippen LogP contribution in [0.5, 0.6) is 11.5 Å². The number of unbranched alkanes of at least 4 members (excludes halogenated alkanes) is 2. The van der Waals surface area contributed by atoms with E-state index >= 15 is 0 Å². The van der Waals surface area contributed by atoms with Crippen LogP contribution in [0.15, 0.2) is 114 Å². The third kappa shape index (κ3) is 9.45. The van der Waals surface area contributed by atoms with E-state index in [4.69, 9.17) is 35.4 Å². The molecule has 1 aliphatic heterocycles. The highest BCUT2D eigenvalue weighted by Crippen LogP contribution is 2.62. The van der Waals surface area contributed by atoms with E-state index in [9.17, 15) is 19.4 Å². The molecular weight excluding hydrogens is 799 g/mol. The molecule has 0 spiro atoms. The molecule has 0 aromatic heterocycles. The average molecular weight is 855 g/mol. The van der Waals surface area contributed by atoms with Crippen molar-refractivity contribution in [3.8, 4) is 11.5 Å². The van der Waals surface area contributed by atoms with Crippen LogP contribution in [0.1, 0.15) is 67.6 Å². The van der Waals surface area contributed by atoms with Gasteiger partial charge in [0.05, 0.1) is 30.7 Å². The van der Waals surface area contributed by atoms with Gasteiger partial charge in [0.2, 0.25) is 5.79 Å². The van der Waals surface area contributed by atoms with Crippen LogP contribution >= 0.6 is 11.6 Å². The van der Waals surface area contributed by atoms with Gasteiger partial charge in [0, 0.05) is 36.7 Å². The number of oxime groups is 1. The molecule has 3 aliphatic rings. The minimum absolute atomic E-state index is 0.00230. The van der Waals surface area contributed by atoms with Crippen LogP contribution in [0.3, 0.4) is 0 Å². The summed E-state index contributed by atoms with van der Waals surface area (Å²) in [6.07, 6.45) is 8.03. The number of halogens is 2. The topological polar surface area (TPSA) is 119 Å². The van der Waals surface area contributed by atoms with Gasteiger partial charge in [-0.05, 0) is 83.7 Å². The average Bonchev–Trinajstić information content (AvgIpc) is 3.28. The van der Waals surface area contributed by atoms with Crippen molar-refractivity contribution in [2.24, 2.45) is 22.9 Å². The van der Waals surface area contributed by atoms with Crippen molar-refractivity contribution in [3.63, 3.8) is 0 Å². The third-order valence-electron chi connectivity index (χ3n) is 12.3. The summed E-state index contributed by atoms with van der Waals surface area (Å²) in [4.78, 5) is 21.9. The Bertz CT molecular complexity index is 2190. The first-order valence-electron chi connectivity index (χ1n) is 21.3. The lowest BCUT2D eigenvalue weighted by Crippen LogP contribution is -2.70. The van der Waals surface area contributed by atoms with Crippen LogP contribution < -0.4 is 9.47 Å². The Kier molecular flexibility index (Phi) is 15.0. The van der Waals surface area contributed by atoms with Crippen LogP contribution in [-0.4, -0.2) is 78.2 Å². The van der Waals surface area contributed by atoms with Crippen LogP contribution in [0, 0.1) is 23.6 Å². The molecule has 2 aliphatic carbocycles. The first kappa shape index (κ1) is 44.1. The van der Waals surface area contributed by atoms with Gasteiger partial charge in [-0.25, -0.2) is 9.18 Å².